The Hall–Kier alpha value is -2.32. The van der Waals surface area contributed by atoms with Crippen LogP contribution < -0.4 is 5.32 Å². The van der Waals surface area contributed by atoms with E-state index in [1.165, 1.54) is 5.56 Å². The molecule has 5 heteroatoms. The highest BCUT2D eigenvalue weighted by molar-refractivity contribution is 5.97. The summed E-state index contributed by atoms with van der Waals surface area (Å²) >= 11 is 0. The first-order valence-corrected chi connectivity index (χ1v) is 8.00. The molecule has 0 saturated carbocycles. The minimum absolute atomic E-state index is 0.153. The van der Waals surface area contributed by atoms with E-state index < -0.39 is 0 Å². The molecule has 0 aromatic heterocycles. The highest BCUT2D eigenvalue weighted by atomic mass is 16.2. The number of nitrogens with zero attached hydrogens (tertiary/aromatic N) is 3. The number of anilines is 1. The van der Waals surface area contributed by atoms with E-state index in [9.17, 15) is 10.1 Å². The first-order chi connectivity index (χ1) is 11.1. The lowest BCUT2D eigenvalue weighted by atomic mass is 10.1. The van der Waals surface area contributed by atoms with Gasteiger partial charge in [-0.1, -0.05) is 25.1 Å². The van der Waals surface area contributed by atoms with Crippen LogP contribution in [0.2, 0.25) is 0 Å². The summed E-state index contributed by atoms with van der Waals surface area (Å²) in [6, 6.07) is 8.12. The summed E-state index contributed by atoms with van der Waals surface area (Å²) in [7, 11) is 2.04. The van der Waals surface area contributed by atoms with Gasteiger partial charge in [-0.3, -0.25) is 4.79 Å². The van der Waals surface area contributed by atoms with Crippen molar-refractivity contribution >= 4 is 11.6 Å². The number of hydrogen-bond acceptors (Lipinski definition) is 4. The molecule has 0 spiro atoms. The molecule has 1 N–H and O–H groups in total. The Morgan fingerprint density at radius 2 is 2.04 bits per heavy atom. The predicted octanol–water partition coefficient (Wildman–Crippen LogP) is 2.15. The Kier molecular flexibility index (Phi) is 5.78. The first-order valence-electron chi connectivity index (χ1n) is 8.00. The number of likely N-dealkylation sites (N-methyl/N-ethyl adjacent to an activating group) is 1. The van der Waals surface area contributed by atoms with E-state index in [0.29, 0.717) is 13.1 Å². The second-order valence-electron chi connectivity index (χ2n) is 5.87. The van der Waals surface area contributed by atoms with E-state index in [-0.39, 0.29) is 11.5 Å². The van der Waals surface area contributed by atoms with E-state index in [2.05, 4.69) is 23.2 Å². The van der Waals surface area contributed by atoms with E-state index in [4.69, 9.17) is 0 Å². The average molecular weight is 312 g/mol. The van der Waals surface area contributed by atoms with Crippen LogP contribution in [-0.4, -0.2) is 48.9 Å². The van der Waals surface area contributed by atoms with Gasteiger partial charge in [-0.05, 0) is 31.5 Å². The minimum Gasteiger partial charge on any atom is -0.360 e. The summed E-state index contributed by atoms with van der Waals surface area (Å²) in [4.78, 5) is 16.4. The van der Waals surface area contributed by atoms with Gasteiger partial charge in [0, 0.05) is 38.1 Å². The number of nitrogens with one attached hydrogen (secondary N) is 1. The van der Waals surface area contributed by atoms with Gasteiger partial charge in [0.25, 0.3) is 5.91 Å². The van der Waals surface area contributed by atoms with Gasteiger partial charge in [0.2, 0.25) is 0 Å². The maximum absolute atomic E-state index is 12.5. The molecule has 23 heavy (non-hydrogen) atoms. The van der Waals surface area contributed by atoms with E-state index in [0.717, 1.165) is 30.8 Å². The zero-order valence-corrected chi connectivity index (χ0v) is 14.1. The van der Waals surface area contributed by atoms with Crippen molar-refractivity contribution in [2.24, 2.45) is 0 Å². The van der Waals surface area contributed by atoms with Crippen LogP contribution in [0.25, 0.3) is 0 Å². The molecule has 122 valence electrons. The van der Waals surface area contributed by atoms with Crippen molar-refractivity contribution in [1.82, 2.24) is 9.80 Å². The Balaban J connectivity index is 2.14. The third-order valence-electron chi connectivity index (χ3n) is 4.24. The number of nitriles is 1. The molecule has 1 aliphatic rings. The van der Waals surface area contributed by atoms with Crippen molar-refractivity contribution in [2.75, 3.05) is 38.5 Å². The van der Waals surface area contributed by atoms with Crippen molar-refractivity contribution in [3.63, 3.8) is 0 Å². The monoisotopic (exact) mass is 312 g/mol. The topological polar surface area (TPSA) is 59.4 Å². The van der Waals surface area contributed by atoms with Gasteiger partial charge in [-0.2, -0.15) is 5.26 Å². The molecule has 1 aromatic rings. The molecule has 1 saturated heterocycles. The third kappa shape index (κ3) is 4.11. The van der Waals surface area contributed by atoms with Crippen molar-refractivity contribution in [1.29, 1.82) is 5.26 Å². The highest BCUT2D eigenvalue weighted by Crippen LogP contribution is 2.21. The van der Waals surface area contributed by atoms with Crippen molar-refractivity contribution in [3.05, 3.63) is 41.1 Å². The number of rotatable bonds is 4. The maximum Gasteiger partial charge on any atom is 0.266 e. The Bertz CT molecular complexity index is 637. The summed E-state index contributed by atoms with van der Waals surface area (Å²) < 4.78 is 0. The Morgan fingerprint density at radius 1 is 1.35 bits per heavy atom. The van der Waals surface area contributed by atoms with Crippen LogP contribution in [0.5, 0.6) is 0 Å². The molecule has 5 nitrogen and oxygen atoms in total. The van der Waals surface area contributed by atoms with Crippen molar-refractivity contribution in [2.45, 2.75) is 20.3 Å². The van der Waals surface area contributed by atoms with Crippen molar-refractivity contribution in [3.8, 4) is 6.07 Å². The number of hydrogen-bond donors (Lipinski definition) is 1. The number of aryl methyl sites for hydroxylation is 2. The molecule has 1 amide bonds. The predicted molar refractivity (Wildman–Crippen MR) is 92.0 cm³/mol. The molecule has 0 aliphatic carbocycles. The van der Waals surface area contributed by atoms with Gasteiger partial charge < -0.3 is 15.1 Å². The molecule has 1 heterocycles. The number of carbonyl (C=O) groups is 1. The molecule has 0 radical (unpaired) electrons. The third-order valence-corrected chi connectivity index (χ3v) is 4.24. The smallest absolute Gasteiger partial charge is 0.266 e. The maximum atomic E-state index is 12.5. The molecular formula is C18H24N4O. The van der Waals surface area contributed by atoms with Crippen LogP contribution in [0.1, 0.15) is 18.1 Å². The summed E-state index contributed by atoms with van der Waals surface area (Å²) in [5.74, 6) is -0.195. The van der Waals surface area contributed by atoms with Gasteiger partial charge in [0.15, 0.2) is 0 Å². The van der Waals surface area contributed by atoms with Crippen LogP contribution in [0, 0.1) is 18.3 Å². The lowest BCUT2D eigenvalue weighted by molar-refractivity contribution is -0.128. The average Bonchev–Trinajstić information content (AvgIpc) is 2.56. The van der Waals surface area contributed by atoms with Crippen LogP contribution >= 0.6 is 0 Å². The van der Waals surface area contributed by atoms with Crippen LogP contribution in [0.3, 0.4) is 0 Å². The van der Waals surface area contributed by atoms with Crippen LogP contribution in [-0.2, 0) is 11.2 Å². The van der Waals surface area contributed by atoms with Crippen LogP contribution in [0.4, 0.5) is 5.69 Å². The van der Waals surface area contributed by atoms with E-state index in [1.54, 1.807) is 11.1 Å². The van der Waals surface area contributed by atoms with E-state index in [1.807, 2.05) is 32.2 Å². The fourth-order valence-corrected chi connectivity index (χ4v) is 2.70. The normalized spacial score (nSPS) is 16.1. The molecule has 0 bridgehead atoms. The molecular weight excluding hydrogens is 288 g/mol. The standard InChI is InChI=1S/C18H24N4O/c1-4-15-7-5-6-14(2)17(15)20-13-16(12-19)18(23)22-10-8-21(3)9-11-22/h5-7,13,20H,4,8-11H2,1-3H3/b16-13-. The zero-order valence-electron chi connectivity index (χ0n) is 14.1. The Labute approximate surface area is 138 Å². The van der Waals surface area contributed by atoms with Gasteiger partial charge in [-0.25, -0.2) is 0 Å². The lowest BCUT2D eigenvalue weighted by Gasteiger charge is -2.32. The molecule has 0 unspecified atom stereocenters. The van der Waals surface area contributed by atoms with Gasteiger partial charge in [0.1, 0.15) is 11.6 Å². The number of carbonyl (C=O) groups excluding carboxylic acids is 1. The highest BCUT2D eigenvalue weighted by Gasteiger charge is 2.22. The molecule has 1 aromatic carbocycles. The number of para-hydroxylation sites is 1. The minimum atomic E-state index is -0.195. The quantitative estimate of drug-likeness (QED) is 0.683. The second-order valence-corrected chi connectivity index (χ2v) is 5.87. The largest absolute Gasteiger partial charge is 0.360 e. The molecule has 2 rings (SSSR count). The number of amides is 1. The molecule has 1 fully saturated rings. The first kappa shape index (κ1) is 17.0. The fourth-order valence-electron chi connectivity index (χ4n) is 2.70. The van der Waals surface area contributed by atoms with Crippen molar-refractivity contribution < 1.29 is 4.79 Å². The fraction of sp³-hybridized carbons (Fsp3) is 0.444. The molecule has 0 atom stereocenters. The van der Waals surface area contributed by atoms with Crippen LogP contribution in [0.15, 0.2) is 30.0 Å². The Morgan fingerprint density at radius 3 is 2.65 bits per heavy atom. The zero-order chi connectivity index (χ0) is 16.8. The second kappa shape index (κ2) is 7.80. The number of piperazine rings is 1. The summed E-state index contributed by atoms with van der Waals surface area (Å²) in [6.07, 6.45) is 2.44. The molecule has 1 aliphatic heterocycles. The lowest BCUT2D eigenvalue weighted by Crippen LogP contribution is -2.47. The van der Waals surface area contributed by atoms with Gasteiger partial charge in [0.05, 0.1) is 0 Å². The van der Waals surface area contributed by atoms with Gasteiger partial charge in [-0.15, -0.1) is 0 Å². The van der Waals surface area contributed by atoms with Gasteiger partial charge >= 0.3 is 0 Å². The SMILES string of the molecule is CCc1cccc(C)c1N/C=C(/C#N)C(=O)N1CCN(C)CC1. The summed E-state index contributed by atoms with van der Waals surface area (Å²) in [6.45, 7) is 7.12. The number of benzene rings is 1. The summed E-state index contributed by atoms with van der Waals surface area (Å²) in [5, 5.41) is 12.5. The summed E-state index contributed by atoms with van der Waals surface area (Å²) in [5.41, 5.74) is 3.41. The van der Waals surface area contributed by atoms with E-state index >= 15 is 0 Å².